The van der Waals surface area contributed by atoms with Gasteiger partial charge in [-0.3, -0.25) is 0 Å². The minimum atomic E-state index is -0.188. The second-order valence-corrected chi connectivity index (χ2v) is 5.97. The summed E-state index contributed by atoms with van der Waals surface area (Å²) in [5.74, 6) is -0.188. The van der Waals surface area contributed by atoms with Crippen molar-refractivity contribution in [3.63, 3.8) is 0 Å². The molecule has 1 N–H and O–H groups in total. The Labute approximate surface area is 124 Å². The summed E-state index contributed by atoms with van der Waals surface area (Å²) in [4.78, 5) is 1.07. The molecule has 0 saturated heterocycles. The van der Waals surface area contributed by atoms with Crippen LogP contribution in [0.2, 0.25) is 0 Å². The van der Waals surface area contributed by atoms with Gasteiger partial charge in [-0.15, -0.1) is 5.10 Å². The van der Waals surface area contributed by atoms with Gasteiger partial charge >= 0.3 is 0 Å². The fourth-order valence-electron chi connectivity index (χ4n) is 1.97. The molecule has 0 bridgehead atoms. The van der Waals surface area contributed by atoms with Crippen LogP contribution in [0.3, 0.4) is 0 Å². The third-order valence-electron chi connectivity index (χ3n) is 2.89. The smallest absolute Gasteiger partial charge is 0.127 e. The molecule has 0 saturated carbocycles. The lowest BCUT2D eigenvalue weighted by Gasteiger charge is -2.17. The molecule has 2 rings (SSSR count). The van der Waals surface area contributed by atoms with E-state index in [4.69, 9.17) is 0 Å². The molecule has 6 heteroatoms. The summed E-state index contributed by atoms with van der Waals surface area (Å²) >= 11 is 4.64. The minimum absolute atomic E-state index is 0.0562. The van der Waals surface area contributed by atoms with Crippen LogP contribution in [-0.4, -0.2) is 16.1 Å². The summed E-state index contributed by atoms with van der Waals surface area (Å²) in [5.41, 5.74) is 1.61. The Morgan fingerprint density at radius 1 is 1.47 bits per heavy atom. The van der Waals surface area contributed by atoms with Crippen molar-refractivity contribution in [1.29, 1.82) is 0 Å². The van der Waals surface area contributed by atoms with Crippen molar-refractivity contribution < 1.29 is 4.39 Å². The third-order valence-corrected chi connectivity index (χ3v) is 4.33. The van der Waals surface area contributed by atoms with E-state index in [2.05, 4.69) is 30.8 Å². The van der Waals surface area contributed by atoms with E-state index in [1.54, 1.807) is 0 Å². The summed E-state index contributed by atoms with van der Waals surface area (Å²) in [7, 11) is 0. The number of aromatic nitrogens is 2. The average Bonchev–Trinajstić information content (AvgIpc) is 2.78. The number of benzene rings is 1. The lowest BCUT2D eigenvalue weighted by Crippen LogP contribution is -2.23. The molecular weight excluding hydrogens is 329 g/mol. The van der Waals surface area contributed by atoms with Crippen LogP contribution >= 0.6 is 27.5 Å². The van der Waals surface area contributed by atoms with Crippen molar-refractivity contribution in [3.8, 4) is 0 Å². The summed E-state index contributed by atoms with van der Waals surface area (Å²) in [6, 6.07) is 5.23. The number of likely N-dealkylation sites (N-methyl/N-ethyl adjacent to an activating group) is 1. The van der Waals surface area contributed by atoms with Crippen molar-refractivity contribution >= 4 is 27.5 Å². The molecule has 0 aliphatic heterocycles. The number of aryl methyl sites for hydroxylation is 1. The van der Waals surface area contributed by atoms with E-state index in [9.17, 15) is 4.39 Å². The van der Waals surface area contributed by atoms with Gasteiger partial charge in [0.2, 0.25) is 0 Å². The van der Waals surface area contributed by atoms with Crippen LogP contribution < -0.4 is 5.32 Å². The van der Waals surface area contributed by atoms with E-state index in [0.717, 1.165) is 21.6 Å². The molecule has 0 spiro atoms. The van der Waals surface area contributed by atoms with E-state index in [1.807, 2.05) is 26.0 Å². The molecule has 0 aliphatic rings. The Hall–Kier alpha value is -0.850. The summed E-state index contributed by atoms with van der Waals surface area (Å²) in [6.45, 7) is 4.79. The number of nitrogens with one attached hydrogen (secondary N) is 1. The van der Waals surface area contributed by atoms with Crippen LogP contribution in [0, 0.1) is 12.7 Å². The molecule has 0 radical (unpaired) electrons. The highest BCUT2D eigenvalue weighted by atomic mass is 79.9. The van der Waals surface area contributed by atoms with E-state index >= 15 is 0 Å². The zero-order chi connectivity index (χ0) is 13.8. The largest absolute Gasteiger partial charge is 0.309 e. The van der Waals surface area contributed by atoms with Gasteiger partial charge in [0.05, 0.1) is 10.6 Å². The molecule has 3 nitrogen and oxygen atoms in total. The first-order valence-corrected chi connectivity index (χ1v) is 7.64. The average molecular weight is 344 g/mol. The van der Waals surface area contributed by atoms with E-state index in [0.29, 0.717) is 12.0 Å². The Bertz CT molecular complexity index is 559. The Balaban J connectivity index is 2.24. The number of rotatable bonds is 5. The van der Waals surface area contributed by atoms with Crippen LogP contribution in [0.5, 0.6) is 0 Å². The molecule has 102 valence electrons. The highest BCUT2D eigenvalue weighted by Crippen LogP contribution is 2.25. The highest BCUT2D eigenvalue weighted by Gasteiger charge is 2.18. The lowest BCUT2D eigenvalue weighted by atomic mass is 10.0. The third kappa shape index (κ3) is 3.58. The molecule has 0 amide bonds. The zero-order valence-corrected chi connectivity index (χ0v) is 13.2. The Morgan fingerprint density at radius 3 is 2.84 bits per heavy atom. The topological polar surface area (TPSA) is 37.8 Å². The highest BCUT2D eigenvalue weighted by molar-refractivity contribution is 9.10. The van der Waals surface area contributed by atoms with E-state index in [1.165, 1.54) is 17.6 Å². The van der Waals surface area contributed by atoms with Gasteiger partial charge in [-0.2, -0.15) is 0 Å². The van der Waals surface area contributed by atoms with E-state index < -0.39 is 0 Å². The number of hydrogen-bond acceptors (Lipinski definition) is 4. The van der Waals surface area contributed by atoms with Crippen LogP contribution in [0.25, 0.3) is 0 Å². The van der Waals surface area contributed by atoms with Crippen molar-refractivity contribution in [2.45, 2.75) is 26.3 Å². The normalized spacial score (nSPS) is 12.6. The quantitative estimate of drug-likeness (QED) is 0.900. The molecule has 1 aromatic heterocycles. The SMILES string of the molecule is CCNC(Cc1ccc(Br)cc1F)c1snnc1C. The van der Waals surface area contributed by atoms with Gasteiger partial charge in [-0.25, -0.2) is 4.39 Å². The minimum Gasteiger partial charge on any atom is -0.309 e. The van der Waals surface area contributed by atoms with Gasteiger partial charge in [0, 0.05) is 10.5 Å². The van der Waals surface area contributed by atoms with Gasteiger partial charge in [0.15, 0.2) is 0 Å². The predicted molar refractivity (Wildman–Crippen MR) is 78.9 cm³/mol. The van der Waals surface area contributed by atoms with Gasteiger partial charge in [-0.1, -0.05) is 33.4 Å². The Morgan fingerprint density at radius 2 is 2.26 bits per heavy atom. The van der Waals surface area contributed by atoms with Crippen LogP contribution in [-0.2, 0) is 6.42 Å². The van der Waals surface area contributed by atoms with Crippen molar-refractivity contribution in [1.82, 2.24) is 14.9 Å². The molecule has 1 atom stereocenters. The molecule has 2 aromatic rings. The maximum atomic E-state index is 13.9. The zero-order valence-electron chi connectivity index (χ0n) is 10.8. The molecule has 1 unspecified atom stereocenters. The number of hydrogen-bond donors (Lipinski definition) is 1. The summed E-state index contributed by atoms with van der Waals surface area (Å²) in [6.07, 6.45) is 0.595. The standard InChI is InChI=1S/C13H15BrFN3S/c1-3-16-12(13-8(2)17-18-19-13)6-9-4-5-10(14)7-11(9)15/h4-5,7,12,16H,3,6H2,1-2H3. The van der Waals surface area contributed by atoms with Gasteiger partial charge in [-0.05, 0) is 49.1 Å². The summed E-state index contributed by atoms with van der Waals surface area (Å²) in [5, 5.41) is 7.39. The lowest BCUT2D eigenvalue weighted by molar-refractivity contribution is 0.531. The van der Waals surface area contributed by atoms with E-state index in [-0.39, 0.29) is 11.9 Å². The molecule has 0 fully saturated rings. The van der Waals surface area contributed by atoms with Crippen molar-refractivity contribution in [2.24, 2.45) is 0 Å². The monoisotopic (exact) mass is 343 g/mol. The van der Waals surface area contributed by atoms with Crippen LogP contribution in [0.1, 0.15) is 29.1 Å². The Kier molecular flexibility index (Phi) is 5.01. The second kappa shape index (κ2) is 6.54. The van der Waals surface area contributed by atoms with Crippen molar-refractivity contribution in [2.75, 3.05) is 6.54 Å². The maximum Gasteiger partial charge on any atom is 0.127 e. The summed E-state index contributed by atoms with van der Waals surface area (Å²) < 4.78 is 18.6. The van der Waals surface area contributed by atoms with Crippen LogP contribution in [0.4, 0.5) is 4.39 Å². The predicted octanol–water partition coefficient (Wildman–Crippen LogP) is 3.64. The van der Waals surface area contributed by atoms with Crippen molar-refractivity contribution in [3.05, 3.63) is 44.6 Å². The first kappa shape index (κ1) is 14.6. The van der Waals surface area contributed by atoms with Gasteiger partial charge in [0.1, 0.15) is 5.82 Å². The van der Waals surface area contributed by atoms with Crippen LogP contribution in [0.15, 0.2) is 22.7 Å². The number of nitrogens with zero attached hydrogens (tertiary/aromatic N) is 2. The molecular formula is C13H15BrFN3S. The van der Waals surface area contributed by atoms with Gasteiger partial charge < -0.3 is 5.32 Å². The molecule has 19 heavy (non-hydrogen) atoms. The maximum absolute atomic E-state index is 13.9. The second-order valence-electron chi connectivity index (χ2n) is 4.27. The molecule has 1 aromatic carbocycles. The fraction of sp³-hybridized carbons (Fsp3) is 0.385. The van der Waals surface area contributed by atoms with Gasteiger partial charge in [0.25, 0.3) is 0 Å². The fourth-order valence-corrected chi connectivity index (χ4v) is 3.02. The molecule has 1 heterocycles. The first-order valence-electron chi connectivity index (χ1n) is 6.08. The molecule has 0 aliphatic carbocycles. The first-order chi connectivity index (χ1) is 9.11. The number of halogens is 2.